The lowest BCUT2D eigenvalue weighted by atomic mass is 10.1. The van der Waals surface area contributed by atoms with Crippen LogP contribution in [0.5, 0.6) is 0 Å². The predicted molar refractivity (Wildman–Crippen MR) is 134 cm³/mol. The first-order valence-corrected chi connectivity index (χ1v) is 11.0. The van der Waals surface area contributed by atoms with Gasteiger partial charge in [-0.25, -0.2) is 0 Å². The lowest BCUT2D eigenvalue weighted by Gasteiger charge is -2.07. The summed E-state index contributed by atoms with van der Waals surface area (Å²) < 4.78 is 2.11. The fraction of sp³-hybridized carbons (Fsp3) is 0.269. The van der Waals surface area contributed by atoms with Gasteiger partial charge in [0.05, 0.1) is 0 Å². The minimum absolute atomic E-state index is 0.287. The number of carbonyl (C=O) groups is 1. The van der Waals surface area contributed by atoms with Crippen LogP contribution in [0.4, 0.5) is 0 Å². The standard InChI is InChI=1S/C26H30N6O/c1-6-19(4)28-16-21(7-2)22-13-14-27-24(15-22)26(33)30-20(5)10-8-9-18(3)25-31-29-17-32(25)23-11-12-23/h7-10,13-17,23H,2,5-6,11-12H2,1,3-4H3,(H,30,33)/b10-8-,18-9+,21-16+,28-19+. The summed E-state index contributed by atoms with van der Waals surface area (Å²) in [5.74, 6) is 0.527. The van der Waals surface area contributed by atoms with Crippen molar-refractivity contribution in [2.75, 3.05) is 0 Å². The van der Waals surface area contributed by atoms with Crippen molar-refractivity contribution in [1.29, 1.82) is 0 Å². The fourth-order valence-electron chi connectivity index (χ4n) is 3.03. The molecule has 0 bridgehead atoms. The van der Waals surface area contributed by atoms with Crippen molar-refractivity contribution in [3.63, 3.8) is 0 Å². The molecular formula is C26H30N6O. The number of carbonyl (C=O) groups excluding carboxylic acids is 1. The summed E-state index contributed by atoms with van der Waals surface area (Å²) in [6.45, 7) is 13.8. The molecule has 2 aromatic heterocycles. The SMILES string of the molecule is C=C/C(=C\N=C(/C)CC)c1ccnc(C(=O)NC(=C)/C=C\C=C(/C)c2nncn2C2CC2)c1. The van der Waals surface area contributed by atoms with Crippen molar-refractivity contribution >= 4 is 22.8 Å². The third-order valence-electron chi connectivity index (χ3n) is 5.27. The van der Waals surface area contributed by atoms with E-state index in [2.05, 4.69) is 43.2 Å². The largest absolute Gasteiger partial charge is 0.321 e. The van der Waals surface area contributed by atoms with Gasteiger partial charge in [0.25, 0.3) is 5.91 Å². The minimum Gasteiger partial charge on any atom is -0.321 e. The van der Waals surface area contributed by atoms with Gasteiger partial charge in [-0.1, -0.05) is 38.3 Å². The average Bonchev–Trinajstić information content (AvgIpc) is 3.55. The van der Waals surface area contributed by atoms with Crippen molar-refractivity contribution in [3.8, 4) is 0 Å². The zero-order chi connectivity index (χ0) is 23.8. The van der Waals surface area contributed by atoms with Gasteiger partial charge in [0.1, 0.15) is 12.0 Å². The van der Waals surface area contributed by atoms with Crippen LogP contribution in [0.3, 0.4) is 0 Å². The average molecular weight is 443 g/mol. The molecule has 0 spiro atoms. The Hall–Kier alpha value is -3.87. The number of rotatable bonds is 10. The first kappa shape index (κ1) is 23.8. The van der Waals surface area contributed by atoms with Crippen LogP contribution in [-0.4, -0.2) is 31.4 Å². The lowest BCUT2D eigenvalue weighted by Crippen LogP contribution is -2.22. The quantitative estimate of drug-likeness (QED) is 0.399. The van der Waals surface area contributed by atoms with E-state index in [0.29, 0.717) is 11.7 Å². The number of pyridine rings is 1. The van der Waals surface area contributed by atoms with Crippen LogP contribution < -0.4 is 5.32 Å². The maximum absolute atomic E-state index is 12.7. The van der Waals surface area contributed by atoms with Gasteiger partial charge in [0.2, 0.25) is 0 Å². The highest BCUT2D eigenvalue weighted by atomic mass is 16.1. The molecule has 0 atom stereocenters. The Bertz CT molecular complexity index is 1160. The second kappa shape index (κ2) is 11.1. The Morgan fingerprint density at radius 3 is 2.85 bits per heavy atom. The first-order valence-electron chi connectivity index (χ1n) is 11.0. The van der Waals surface area contributed by atoms with E-state index in [9.17, 15) is 4.79 Å². The van der Waals surface area contributed by atoms with Crippen molar-refractivity contribution < 1.29 is 4.79 Å². The van der Waals surface area contributed by atoms with Crippen LogP contribution in [0.25, 0.3) is 11.1 Å². The number of nitrogens with zero attached hydrogens (tertiary/aromatic N) is 5. The molecule has 0 unspecified atom stereocenters. The second-order valence-electron chi connectivity index (χ2n) is 7.92. The summed E-state index contributed by atoms with van der Waals surface area (Å²) >= 11 is 0. The number of hydrogen-bond donors (Lipinski definition) is 1. The highest BCUT2D eigenvalue weighted by Crippen LogP contribution is 2.36. The van der Waals surface area contributed by atoms with Gasteiger partial charge in [-0.3, -0.25) is 14.8 Å². The third kappa shape index (κ3) is 6.55. The summed E-state index contributed by atoms with van der Waals surface area (Å²) in [5.41, 5.74) is 4.39. The summed E-state index contributed by atoms with van der Waals surface area (Å²) in [6, 6.07) is 4.05. The molecule has 33 heavy (non-hydrogen) atoms. The molecule has 1 saturated carbocycles. The van der Waals surface area contributed by atoms with Crippen LogP contribution in [0.2, 0.25) is 0 Å². The Morgan fingerprint density at radius 1 is 1.36 bits per heavy atom. The fourth-order valence-corrected chi connectivity index (χ4v) is 3.03. The molecule has 2 aromatic rings. The molecule has 0 aromatic carbocycles. The van der Waals surface area contributed by atoms with Crippen LogP contribution >= 0.6 is 0 Å². The van der Waals surface area contributed by atoms with E-state index in [1.54, 1.807) is 36.9 Å². The van der Waals surface area contributed by atoms with Gasteiger partial charge >= 0.3 is 0 Å². The number of amides is 1. The van der Waals surface area contributed by atoms with Crippen LogP contribution in [0, 0.1) is 0 Å². The zero-order valence-corrected chi connectivity index (χ0v) is 19.5. The topological polar surface area (TPSA) is 85.1 Å². The highest BCUT2D eigenvalue weighted by molar-refractivity contribution is 5.94. The van der Waals surface area contributed by atoms with Gasteiger partial charge in [-0.05, 0) is 68.0 Å². The van der Waals surface area contributed by atoms with Crippen molar-refractivity contribution in [2.45, 2.75) is 46.1 Å². The molecule has 1 fully saturated rings. The molecule has 1 N–H and O–H groups in total. The molecule has 7 nitrogen and oxygen atoms in total. The lowest BCUT2D eigenvalue weighted by molar-refractivity contribution is 0.0962. The Kier molecular flexibility index (Phi) is 8.02. The molecular weight excluding hydrogens is 412 g/mol. The van der Waals surface area contributed by atoms with E-state index < -0.39 is 0 Å². The van der Waals surface area contributed by atoms with Crippen LogP contribution in [0.1, 0.15) is 68.0 Å². The predicted octanol–water partition coefficient (Wildman–Crippen LogP) is 5.31. The third-order valence-corrected chi connectivity index (χ3v) is 5.27. The molecule has 170 valence electrons. The molecule has 1 aliphatic rings. The van der Waals surface area contributed by atoms with Crippen LogP contribution in [-0.2, 0) is 0 Å². The van der Waals surface area contributed by atoms with E-state index in [1.165, 1.54) is 12.8 Å². The van der Waals surface area contributed by atoms with Gasteiger partial charge < -0.3 is 9.88 Å². The number of aromatic nitrogens is 4. The summed E-state index contributed by atoms with van der Waals surface area (Å²) in [7, 11) is 0. The maximum Gasteiger partial charge on any atom is 0.274 e. The van der Waals surface area contributed by atoms with E-state index in [4.69, 9.17) is 0 Å². The number of allylic oxidation sites excluding steroid dienone is 6. The van der Waals surface area contributed by atoms with E-state index in [0.717, 1.165) is 34.7 Å². The molecule has 0 radical (unpaired) electrons. The molecule has 0 aliphatic heterocycles. The number of nitrogens with one attached hydrogen (secondary N) is 1. The minimum atomic E-state index is -0.336. The van der Waals surface area contributed by atoms with Crippen molar-refractivity contribution in [3.05, 3.63) is 91.1 Å². The van der Waals surface area contributed by atoms with E-state index >= 15 is 0 Å². The van der Waals surface area contributed by atoms with Crippen molar-refractivity contribution in [1.82, 2.24) is 25.1 Å². The highest BCUT2D eigenvalue weighted by Gasteiger charge is 2.26. The Labute approximate surface area is 195 Å². The Morgan fingerprint density at radius 2 is 2.15 bits per heavy atom. The van der Waals surface area contributed by atoms with E-state index in [1.807, 2.05) is 39.0 Å². The summed E-state index contributed by atoms with van der Waals surface area (Å²) in [6.07, 6.45) is 15.5. The first-order chi connectivity index (χ1) is 15.9. The summed E-state index contributed by atoms with van der Waals surface area (Å²) in [5, 5.41) is 11.0. The molecule has 1 aliphatic carbocycles. The normalized spacial score (nSPS) is 15.1. The van der Waals surface area contributed by atoms with E-state index in [-0.39, 0.29) is 11.6 Å². The zero-order valence-electron chi connectivity index (χ0n) is 19.5. The van der Waals surface area contributed by atoms with Crippen molar-refractivity contribution in [2.24, 2.45) is 4.99 Å². The maximum atomic E-state index is 12.7. The van der Waals surface area contributed by atoms with Gasteiger partial charge in [0.15, 0.2) is 5.82 Å². The van der Waals surface area contributed by atoms with Gasteiger partial charge in [-0.2, -0.15) is 0 Å². The van der Waals surface area contributed by atoms with Gasteiger partial charge in [0, 0.05) is 29.8 Å². The Balaban J connectivity index is 1.65. The molecule has 2 heterocycles. The second-order valence-corrected chi connectivity index (χ2v) is 7.92. The molecule has 3 rings (SSSR count). The molecule has 0 saturated heterocycles. The van der Waals surface area contributed by atoms with Crippen LogP contribution in [0.15, 0.2) is 79.0 Å². The molecule has 7 heteroatoms. The monoisotopic (exact) mass is 442 g/mol. The smallest absolute Gasteiger partial charge is 0.274 e. The summed E-state index contributed by atoms with van der Waals surface area (Å²) in [4.78, 5) is 21.3. The number of aliphatic imine (C=N–C) groups is 1. The molecule has 1 amide bonds. The van der Waals surface area contributed by atoms with Gasteiger partial charge in [-0.15, -0.1) is 10.2 Å². The number of hydrogen-bond acceptors (Lipinski definition) is 5.